The number of halogens is 3. The van der Waals surface area contributed by atoms with Gasteiger partial charge in [0.15, 0.2) is 5.76 Å². The molecule has 0 unspecified atom stereocenters. The average Bonchev–Trinajstić information content (AvgIpc) is 3.14. The van der Waals surface area contributed by atoms with Gasteiger partial charge in [0.05, 0.1) is 9.82 Å². The summed E-state index contributed by atoms with van der Waals surface area (Å²) in [7, 11) is -5.71. The number of hydrogen-bond donors (Lipinski definition) is 1. The van der Waals surface area contributed by atoms with Crippen LogP contribution in [0.1, 0.15) is 29.2 Å². The Morgan fingerprint density at radius 3 is 2.39 bits per heavy atom. The highest BCUT2D eigenvalue weighted by Gasteiger charge is 2.47. The van der Waals surface area contributed by atoms with E-state index in [2.05, 4.69) is 5.32 Å². The highest BCUT2D eigenvalue weighted by molar-refractivity contribution is 7.92. The molecule has 1 aliphatic heterocycles. The van der Waals surface area contributed by atoms with Gasteiger partial charge in [0, 0.05) is 25.2 Å². The number of nitro groups is 1. The Morgan fingerprint density at radius 2 is 1.87 bits per heavy atom. The summed E-state index contributed by atoms with van der Waals surface area (Å²) in [5.41, 5.74) is -6.29. The molecule has 13 heteroatoms. The van der Waals surface area contributed by atoms with Crippen molar-refractivity contribution >= 4 is 27.1 Å². The van der Waals surface area contributed by atoms with Crippen LogP contribution in [0.15, 0.2) is 39.6 Å². The van der Waals surface area contributed by atoms with Crippen LogP contribution in [0.2, 0.25) is 0 Å². The third-order valence-corrected chi connectivity index (χ3v) is 6.38. The predicted molar refractivity (Wildman–Crippen MR) is 102 cm³/mol. The van der Waals surface area contributed by atoms with E-state index in [4.69, 9.17) is 4.42 Å². The van der Waals surface area contributed by atoms with E-state index in [1.807, 2.05) is 0 Å². The first-order valence-electron chi connectivity index (χ1n) is 9.12. The summed E-state index contributed by atoms with van der Waals surface area (Å²) in [5, 5.41) is 14.2. The first kappa shape index (κ1) is 22.6. The van der Waals surface area contributed by atoms with E-state index in [0.717, 1.165) is 6.07 Å². The number of carbonyl (C=O) groups is 1. The van der Waals surface area contributed by atoms with Gasteiger partial charge in [-0.05, 0) is 44.0 Å². The summed E-state index contributed by atoms with van der Waals surface area (Å²) in [6, 6.07) is 5.10. The average molecular weight is 461 g/mol. The largest absolute Gasteiger partial charge is 0.501 e. The number of furan rings is 1. The zero-order valence-electron chi connectivity index (χ0n) is 16.2. The van der Waals surface area contributed by atoms with E-state index in [1.54, 1.807) is 24.0 Å². The van der Waals surface area contributed by atoms with Gasteiger partial charge in [0.1, 0.15) is 11.4 Å². The molecule has 1 amide bonds. The molecule has 1 saturated heterocycles. The van der Waals surface area contributed by atoms with Gasteiger partial charge in [-0.25, -0.2) is 8.42 Å². The van der Waals surface area contributed by atoms with Crippen LogP contribution < -0.4 is 10.2 Å². The number of nitrogens with zero attached hydrogens (tertiary/aromatic N) is 2. The van der Waals surface area contributed by atoms with Gasteiger partial charge in [0.25, 0.3) is 21.4 Å². The smallest absolute Gasteiger partial charge is 0.456 e. The maximum Gasteiger partial charge on any atom is 0.501 e. The summed E-state index contributed by atoms with van der Waals surface area (Å²) in [5.74, 6) is 0.361. The maximum absolute atomic E-state index is 12.8. The molecule has 1 fully saturated rings. The molecular weight excluding hydrogens is 443 g/mol. The summed E-state index contributed by atoms with van der Waals surface area (Å²) >= 11 is 0. The van der Waals surface area contributed by atoms with Gasteiger partial charge < -0.3 is 14.6 Å². The Hall–Kier alpha value is -3.09. The Bertz CT molecular complexity index is 1100. The lowest BCUT2D eigenvalue weighted by Gasteiger charge is -2.33. The molecule has 3 rings (SSSR count). The highest BCUT2D eigenvalue weighted by atomic mass is 32.2. The van der Waals surface area contributed by atoms with E-state index >= 15 is 0 Å². The van der Waals surface area contributed by atoms with Gasteiger partial charge >= 0.3 is 5.51 Å². The van der Waals surface area contributed by atoms with Crippen LogP contribution in [0.3, 0.4) is 0 Å². The van der Waals surface area contributed by atoms with Crippen molar-refractivity contribution in [3.8, 4) is 0 Å². The Labute approximate surface area is 174 Å². The molecule has 0 spiro atoms. The zero-order chi connectivity index (χ0) is 23.0. The molecule has 1 aliphatic rings. The van der Waals surface area contributed by atoms with Gasteiger partial charge in [0.2, 0.25) is 0 Å². The van der Waals surface area contributed by atoms with E-state index < -0.39 is 30.9 Å². The Kier molecular flexibility index (Phi) is 5.98. The number of carbonyl (C=O) groups excluding carboxylic acids is 1. The second kappa shape index (κ2) is 8.21. The SMILES string of the molecule is Cc1ccc(C(=O)NC2CCN(c3ccc(S(=O)(=O)C(F)(F)F)cc3[N+](=O)[O-])CC2)o1. The number of piperidine rings is 1. The van der Waals surface area contributed by atoms with Crippen molar-refractivity contribution in [3.05, 3.63) is 52.0 Å². The van der Waals surface area contributed by atoms with Crippen LogP contribution in [-0.4, -0.2) is 43.9 Å². The first-order valence-corrected chi connectivity index (χ1v) is 10.6. The normalized spacial score (nSPS) is 15.7. The third-order valence-electron chi connectivity index (χ3n) is 4.89. The minimum absolute atomic E-state index is 0.0116. The number of amides is 1. The highest BCUT2D eigenvalue weighted by Crippen LogP contribution is 2.36. The van der Waals surface area contributed by atoms with Gasteiger partial charge in [-0.2, -0.15) is 13.2 Å². The number of nitrogens with one attached hydrogen (secondary N) is 1. The van der Waals surface area contributed by atoms with Gasteiger partial charge in [-0.3, -0.25) is 14.9 Å². The van der Waals surface area contributed by atoms with Crippen LogP contribution in [0, 0.1) is 17.0 Å². The summed E-state index contributed by atoms with van der Waals surface area (Å²) in [4.78, 5) is 23.0. The number of anilines is 1. The molecule has 0 radical (unpaired) electrons. The number of aryl methyl sites for hydroxylation is 1. The second-order valence-electron chi connectivity index (χ2n) is 7.00. The first-order chi connectivity index (χ1) is 14.4. The van der Waals surface area contributed by atoms with Crippen molar-refractivity contribution < 1.29 is 35.7 Å². The Balaban J connectivity index is 1.74. The molecule has 0 aliphatic carbocycles. The molecule has 0 saturated carbocycles. The molecular formula is C18H18F3N3O6S. The predicted octanol–water partition coefficient (Wildman–Crippen LogP) is 3.19. The van der Waals surface area contributed by atoms with Crippen molar-refractivity contribution in [1.29, 1.82) is 0 Å². The van der Waals surface area contributed by atoms with E-state index in [9.17, 15) is 36.5 Å². The number of sulfone groups is 1. The fourth-order valence-electron chi connectivity index (χ4n) is 3.30. The van der Waals surface area contributed by atoms with Crippen molar-refractivity contribution in [2.75, 3.05) is 18.0 Å². The number of hydrogen-bond acceptors (Lipinski definition) is 7. The molecule has 1 aromatic heterocycles. The van der Waals surface area contributed by atoms with Crippen LogP contribution in [0.4, 0.5) is 24.5 Å². The molecule has 1 N–H and O–H groups in total. The molecule has 9 nitrogen and oxygen atoms in total. The summed E-state index contributed by atoms with van der Waals surface area (Å²) < 4.78 is 66.7. The summed E-state index contributed by atoms with van der Waals surface area (Å²) in [6.07, 6.45) is 0.844. The van der Waals surface area contributed by atoms with Crippen LogP contribution in [-0.2, 0) is 9.84 Å². The fraction of sp³-hybridized carbons (Fsp3) is 0.389. The molecule has 2 heterocycles. The monoisotopic (exact) mass is 461 g/mol. The molecule has 2 aromatic rings. The van der Waals surface area contributed by atoms with Crippen LogP contribution >= 0.6 is 0 Å². The number of benzene rings is 1. The molecule has 1 aromatic carbocycles. The quantitative estimate of drug-likeness (QED) is 0.536. The van der Waals surface area contributed by atoms with E-state index in [0.29, 0.717) is 30.7 Å². The standard InChI is InChI=1S/C18H18F3N3O6S/c1-11-2-5-16(30-11)17(25)22-12-6-8-23(9-7-12)14-4-3-13(10-15(14)24(26)27)31(28,29)18(19,20)21/h2-5,10,12H,6-9H2,1H3,(H,22,25). The van der Waals surface area contributed by atoms with Crippen molar-refractivity contribution in [2.45, 2.75) is 36.2 Å². The van der Waals surface area contributed by atoms with Crippen molar-refractivity contribution in [3.63, 3.8) is 0 Å². The van der Waals surface area contributed by atoms with E-state index in [1.165, 1.54) is 0 Å². The lowest BCUT2D eigenvalue weighted by atomic mass is 10.0. The lowest BCUT2D eigenvalue weighted by molar-refractivity contribution is -0.384. The molecule has 0 atom stereocenters. The lowest BCUT2D eigenvalue weighted by Crippen LogP contribution is -2.44. The van der Waals surface area contributed by atoms with Gasteiger partial charge in [-0.1, -0.05) is 0 Å². The summed E-state index contributed by atoms with van der Waals surface area (Å²) in [6.45, 7) is 2.25. The van der Waals surface area contributed by atoms with Gasteiger partial charge in [-0.15, -0.1) is 0 Å². The van der Waals surface area contributed by atoms with Crippen molar-refractivity contribution in [2.24, 2.45) is 0 Å². The molecule has 31 heavy (non-hydrogen) atoms. The fourth-order valence-corrected chi connectivity index (χ4v) is 4.08. The van der Waals surface area contributed by atoms with Crippen molar-refractivity contribution in [1.82, 2.24) is 5.32 Å². The molecule has 0 bridgehead atoms. The minimum Gasteiger partial charge on any atom is -0.456 e. The third kappa shape index (κ3) is 4.65. The number of nitro benzene ring substituents is 1. The number of rotatable bonds is 5. The number of alkyl halides is 3. The topological polar surface area (TPSA) is 123 Å². The minimum atomic E-state index is -5.71. The van der Waals surface area contributed by atoms with E-state index in [-0.39, 0.29) is 36.5 Å². The zero-order valence-corrected chi connectivity index (χ0v) is 17.0. The second-order valence-corrected chi connectivity index (χ2v) is 8.94. The van der Waals surface area contributed by atoms with Crippen LogP contribution in [0.5, 0.6) is 0 Å². The molecule has 168 valence electrons. The van der Waals surface area contributed by atoms with Crippen LogP contribution in [0.25, 0.3) is 0 Å². The maximum atomic E-state index is 12.8. The Morgan fingerprint density at radius 1 is 1.23 bits per heavy atom.